The Kier molecular flexibility index (Phi) is 2.14. The van der Waals surface area contributed by atoms with Gasteiger partial charge in [0.2, 0.25) is 5.13 Å². The minimum atomic E-state index is 0.599. The van der Waals surface area contributed by atoms with Crippen molar-refractivity contribution in [3.63, 3.8) is 0 Å². The molecule has 0 radical (unpaired) electrons. The Bertz CT molecular complexity index is 288. The van der Waals surface area contributed by atoms with E-state index in [9.17, 15) is 0 Å². The molecule has 14 heavy (non-hydrogen) atoms. The van der Waals surface area contributed by atoms with Crippen LogP contribution >= 0.6 is 11.3 Å². The second kappa shape index (κ2) is 3.47. The smallest absolute Gasteiger partial charge is 0.205 e. The molecule has 2 fully saturated rings. The third-order valence-corrected chi connectivity index (χ3v) is 3.78. The van der Waals surface area contributed by atoms with Gasteiger partial charge in [0, 0.05) is 18.1 Å². The summed E-state index contributed by atoms with van der Waals surface area (Å²) in [5, 5.41) is 15.9. The van der Waals surface area contributed by atoms with E-state index in [0.29, 0.717) is 6.04 Å². The van der Waals surface area contributed by atoms with Crippen molar-refractivity contribution in [3.8, 4) is 0 Å². The SMILES string of the molecule is c1nnc(NC2CC3CCC(C2)N3)s1. The zero-order valence-electron chi connectivity index (χ0n) is 7.94. The van der Waals surface area contributed by atoms with E-state index in [2.05, 4.69) is 20.8 Å². The van der Waals surface area contributed by atoms with Crippen molar-refractivity contribution < 1.29 is 0 Å². The number of aromatic nitrogens is 2. The molecule has 2 saturated heterocycles. The van der Waals surface area contributed by atoms with Gasteiger partial charge in [0.15, 0.2) is 0 Å². The summed E-state index contributed by atoms with van der Waals surface area (Å²) >= 11 is 1.59. The predicted molar refractivity (Wildman–Crippen MR) is 56.5 cm³/mol. The Hall–Kier alpha value is -0.680. The largest absolute Gasteiger partial charge is 0.357 e. The average molecular weight is 210 g/mol. The molecule has 2 unspecified atom stereocenters. The molecule has 1 aromatic rings. The van der Waals surface area contributed by atoms with Crippen molar-refractivity contribution in [1.82, 2.24) is 15.5 Å². The lowest BCUT2D eigenvalue weighted by atomic mass is 10.0. The number of anilines is 1. The van der Waals surface area contributed by atoms with Gasteiger partial charge in [-0.05, 0) is 25.7 Å². The second-order valence-corrected chi connectivity index (χ2v) is 5.03. The van der Waals surface area contributed by atoms with Crippen LogP contribution in [0.25, 0.3) is 0 Å². The summed E-state index contributed by atoms with van der Waals surface area (Å²) in [6.45, 7) is 0. The fourth-order valence-corrected chi connectivity index (χ4v) is 3.11. The maximum absolute atomic E-state index is 4.02. The van der Waals surface area contributed by atoms with Gasteiger partial charge < -0.3 is 10.6 Å². The number of hydrogen-bond donors (Lipinski definition) is 2. The highest BCUT2D eigenvalue weighted by atomic mass is 32.1. The van der Waals surface area contributed by atoms with Gasteiger partial charge in [0.05, 0.1) is 0 Å². The van der Waals surface area contributed by atoms with Crippen molar-refractivity contribution in [2.45, 2.75) is 43.8 Å². The van der Waals surface area contributed by atoms with Crippen molar-refractivity contribution in [2.24, 2.45) is 0 Å². The zero-order chi connectivity index (χ0) is 9.38. The molecule has 0 spiro atoms. The number of piperidine rings is 1. The first kappa shape index (κ1) is 8.61. The van der Waals surface area contributed by atoms with Gasteiger partial charge in [-0.15, -0.1) is 10.2 Å². The molecule has 0 saturated carbocycles. The van der Waals surface area contributed by atoms with Gasteiger partial charge in [-0.1, -0.05) is 11.3 Å². The normalized spacial score (nSPS) is 35.9. The van der Waals surface area contributed by atoms with E-state index >= 15 is 0 Å². The third kappa shape index (κ3) is 1.62. The van der Waals surface area contributed by atoms with Crippen LogP contribution in [0.2, 0.25) is 0 Å². The Labute approximate surface area is 87.1 Å². The molecule has 3 heterocycles. The molecule has 0 aromatic carbocycles. The Morgan fingerprint density at radius 1 is 1.36 bits per heavy atom. The number of hydrogen-bond acceptors (Lipinski definition) is 5. The molecule has 0 aliphatic carbocycles. The molecule has 5 heteroatoms. The first-order chi connectivity index (χ1) is 6.90. The highest BCUT2D eigenvalue weighted by Gasteiger charge is 2.33. The quantitative estimate of drug-likeness (QED) is 0.771. The second-order valence-electron chi connectivity index (χ2n) is 4.19. The molecule has 4 nitrogen and oxygen atoms in total. The molecule has 1 aromatic heterocycles. The molecule has 0 amide bonds. The summed E-state index contributed by atoms with van der Waals surface area (Å²) in [6.07, 6.45) is 5.16. The first-order valence-electron chi connectivity index (χ1n) is 5.19. The predicted octanol–water partition coefficient (Wildman–Crippen LogP) is 1.23. The third-order valence-electron chi connectivity index (χ3n) is 3.16. The van der Waals surface area contributed by atoms with Crippen LogP contribution < -0.4 is 10.6 Å². The van der Waals surface area contributed by atoms with Crippen LogP contribution in [-0.2, 0) is 0 Å². The maximum Gasteiger partial charge on any atom is 0.205 e. The van der Waals surface area contributed by atoms with Gasteiger partial charge in [-0.25, -0.2) is 0 Å². The van der Waals surface area contributed by atoms with Crippen molar-refractivity contribution >= 4 is 16.5 Å². The lowest BCUT2D eigenvalue weighted by molar-refractivity contribution is 0.378. The minimum absolute atomic E-state index is 0.599. The number of nitrogens with zero attached hydrogens (tertiary/aromatic N) is 2. The van der Waals surface area contributed by atoms with E-state index in [1.807, 2.05) is 0 Å². The van der Waals surface area contributed by atoms with E-state index in [4.69, 9.17) is 0 Å². The summed E-state index contributed by atoms with van der Waals surface area (Å²) in [4.78, 5) is 0. The molecule has 2 N–H and O–H groups in total. The molecule has 2 atom stereocenters. The zero-order valence-corrected chi connectivity index (χ0v) is 8.76. The maximum atomic E-state index is 4.02. The number of rotatable bonds is 2. The summed E-state index contributed by atoms with van der Waals surface area (Å²) in [6, 6.07) is 2.07. The lowest BCUT2D eigenvalue weighted by Crippen LogP contribution is -2.43. The summed E-state index contributed by atoms with van der Waals surface area (Å²) < 4.78 is 0. The van der Waals surface area contributed by atoms with Crippen LogP contribution in [0.15, 0.2) is 5.51 Å². The van der Waals surface area contributed by atoms with Gasteiger partial charge in [0.1, 0.15) is 5.51 Å². The van der Waals surface area contributed by atoms with Gasteiger partial charge in [-0.2, -0.15) is 0 Å². The fourth-order valence-electron chi connectivity index (χ4n) is 2.59. The van der Waals surface area contributed by atoms with Crippen LogP contribution in [0, 0.1) is 0 Å². The molecule has 76 valence electrons. The van der Waals surface area contributed by atoms with E-state index in [0.717, 1.165) is 17.2 Å². The van der Waals surface area contributed by atoms with Crippen molar-refractivity contribution in [3.05, 3.63) is 5.51 Å². The highest BCUT2D eigenvalue weighted by molar-refractivity contribution is 7.13. The average Bonchev–Trinajstić information content (AvgIpc) is 2.77. The lowest BCUT2D eigenvalue weighted by Gasteiger charge is -2.29. The highest BCUT2D eigenvalue weighted by Crippen LogP contribution is 2.28. The Morgan fingerprint density at radius 3 is 2.79 bits per heavy atom. The minimum Gasteiger partial charge on any atom is -0.357 e. The molecule has 2 aliphatic rings. The van der Waals surface area contributed by atoms with Gasteiger partial charge in [0.25, 0.3) is 0 Å². The summed E-state index contributed by atoms with van der Waals surface area (Å²) in [5.74, 6) is 0. The van der Waals surface area contributed by atoms with Crippen LogP contribution in [0.5, 0.6) is 0 Å². The van der Waals surface area contributed by atoms with Crippen molar-refractivity contribution in [2.75, 3.05) is 5.32 Å². The van der Waals surface area contributed by atoms with E-state index < -0.39 is 0 Å². The van der Waals surface area contributed by atoms with E-state index in [1.54, 1.807) is 16.8 Å². The van der Waals surface area contributed by atoms with Crippen LogP contribution in [-0.4, -0.2) is 28.3 Å². The monoisotopic (exact) mass is 210 g/mol. The van der Waals surface area contributed by atoms with Crippen molar-refractivity contribution in [1.29, 1.82) is 0 Å². The molecule has 3 rings (SSSR count). The fraction of sp³-hybridized carbons (Fsp3) is 0.778. The van der Waals surface area contributed by atoms with Gasteiger partial charge in [-0.3, -0.25) is 0 Å². The molecular weight excluding hydrogens is 196 g/mol. The molecular formula is C9H14N4S. The Morgan fingerprint density at radius 2 is 2.14 bits per heavy atom. The van der Waals surface area contributed by atoms with Crippen LogP contribution in [0.4, 0.5) is 5.13 Å². The standard InChI is InChI=1S/C9H14N4S/c1-2-7-4-8(3-6(1)11-7)12-9-13-10-5-14-9/h5-8,11H,1-4H2,(H,12,13). The number of nitrogens with one attached hydrogen (secondary N) is 2. The van der Waals surface area contributed by atoms with E-state index in [1.165, 1.54) is 25.7 Å². The van der Waals surface area contributed by atoms with Gasteiger partial charge >= 0.3 is 0 Å². The molecule has 2 aliphatic heterocycles. The first-order valence-corrected chi connectivity index (χ1v) is 6.07. The molecule has 2 bridgehead atoms. The van der Waals surface area contributed by atoms with Crippen LogP contribution in [0.3, 0.4) is 0 Å². The van der Waals surface area contributed by atoms with Crippen LogP contribution in [0.1, 0.15) is 25.7 Å². The summed E-state index contributed by atoms with van der Waals surface area (Å²) in [7, 11) is 0. The Balaban J connectivity index is 1.64. The topological polar surface area (TPSA) is 49.8 Å². The summed E-state index contributed by atoms with van der Waals surface area (Å²) in [5.41, 5.74) is 1.78. The van der Waals surface area contributed by atoms with E-state index in [-0.39, 0.29) is 0 Å². The number of fused-ring (bicyclic) bond motifs is 2.